The van der Waals surface area contributed by atoms with Gasteiger partial charge in [-0.2, -0.15) is 0 Å². The van der Waals surface area contributed by atoms with E-state index in [2.05, 4.69) is 10.6 Å². The van der Waals surface area contributed by atoms with Crippen molar-refractivity contribution in [2.24, 2.45) is 7.05 Å². The number of carbonyl (C=O) groups excluding carboxylic acids is 1. The van der Waals surface area contributed by atoms with Crippen LogP contribution in [0.15, 0.2) is 18.3 Å². The molecule has 0 unspecified atom stereocenters. The fraction of sp³-hybridized carbons (Fsp3) is 0.643. The summed E-state index contributed by atoms with van der Waals surface area (Å²) < 4.78 is 7.11. The van der Waals surface area contributed by atoms with Crippen LogP contribution < -0.4 is 0 Å². The summed E-state index contributed by atoms with van der Waals surface area (Å²) in [6, 6.07) is 4.06. The Morgan fingerprint density at radius 3 is 2.83 bits per heavy atom. The Labute approximate surface area is 110 Å². The maximum absolute atomic E-state index is 12.1. The molecule has 0 spiro atoms. The Kier molecular flexibility index (Phi) is 6.50. The molecule has 1 heterocycles. The lowest BCUT2D eigenvalue weighted by molar-refractivity contribution is -0.132. The van der Waals surface area contributed by atoms with Crippen molar-refractivity contribution in [3.05, 3.63) is 24.0 Å². The summed E-state index contributed by atoms with van der Waals surface area (Å²) in [5, 5.41) is 0. The number of aromatic nitrogens is 1. The van der Waals surface area contributed by atoms with Crippen molar-refractivity contribution in [1.82, 2.24) is 9.47 Å². The second kappa shape index (κ2) is 7.93. The Bertz CT molecular complexity index is 360. The third-order valence-electron chi connectivity index (χ3n) is 3.00. The molecule has 0 bridgehead atoms. The largest absolute Gasteiger partial charge is 0.385 e. The van der Waals surface area contributed by atoms with Gasteiger partial charge in [-0.05, 0) is 25.0 Å². The van der Waals surface area contributed by atoms with Crippen LogP contribution in [0.3, 0.4) is 0 Å². The van der Waals surface area contributed by atoms with E-state index < -0.39 is 0 Å². The number of amides is 1. The van der Waals surface area contributed by atoms with Crippen molar-refractivity contribution in [2.45, 2.75) is 32.7 Å². The third-order valence-corrected chi connectivity index (χ3v) is 3.00. The molecule has 0 aliphatic heterocycles. The SMILES string of the molecule is CCCC(=O)N(CCCOC)Cc1cccn1C. The monoisotopic (exact) mass is 252 g/mol. The topological polar surface area (TPSA) is 34.5 Å². The van der Waals surface area contributed by atoms with Gasteiger partial charge in [0.1, 0.15) is 0 Å². The second-order valence-corrected chi connectivity index (χ2v) is 4.52. The molecule has 0 saturated carbocycles. The van der Waals surface area contributed by atoms with Crippen LogP contribution in [0.2, 0.25) is 0 Å². The van der Waals surface area contributed by atoms with E-state index in [0.29, 0.717) is 19.6 Å². The summed E-state index contributed by atoms with van der Waals surface area (Å²) in [6.07, 6.45) is 4.41. The predicted molar refractivity (Wildman–Crippen MR) is 72.2 cm³/mol. The van der Waals surface area contributed by atoms with E-state index in [1.165, 1.54) is 0 Å². The molecule has 1 rings (SSSR count). The van der Waals surface area contributed by atoms with Crippen LogP contribution in [0.4, 0.5) is 0 Å². The van der Waals surface area contributed by atoms with Gasteiger partial charge >= 0.3 is 0 Å². The molecule has 102 valence electrons. The van der Waals surface area contributed by atoms with Crippen LogP contribution in [0.25, 0.3) is 0 Å². The molecule has 0 atom stereocenters. The number of carbonyl (C=O) groups is 1. The number of rotatable bonds is 8. The standard InChI is InChI=1S/C14H24N2O2/c1-4-7-14(17)16(10-6-11-18-3)12-13-8-5-9-15(13)2/h5,8-9H,4,6-7,10-12H2,1-3H3. The molecule has 0 N–H and O–H groups in total. The highest BCUT2D eigenvalue weighted by Gasteiger charge is 2.13. The predicted octanol–water partition coefficient (Wildman–Crippen LogP) is 2.19. The zero-order chi connectivity index (χ0) is 13.4. The van der Waals surface area contributed by atoms with Crippen molar-refractivity contribution in [3.63, 3.8) is 0 Å². The molecule has 1 aromatic heterocycles. The first-order valence-corrected chi connectivity index (χ1v) is 6.56. The van der Waals surface area contributed by atoms with Gasteiger partial charge < -0.3 is 14.2 Å². The minimum atomic E-state index is 0.231. The first kappa shape index (κ1) is 14.8. The first-order chi connectivity index (χ1) is 8.69. The van der Waals surface area contributed by atoms with Gasteiger partial charge in [0.2, 0.25) is 5.91 Å². The average molecular weight is 252 g/mol. The molecule has 0 saturated heterocycles. The average Bonchev–Trinajstić information content (AvgIpc) is 2.74. The highest BCUT2D eigenvalue weighted by atomic mass is 16.5. The van der Waals surface area contributed by atoms with E-state index in [0.717, 1.165) is 25.1 Å². The van der Waals surface area contributed by atoms with Gasteiger partial charge in [0.25, 0.3) is 0 Å². The number of methoxy groups -OCH3 is 1. The number of hydrogen-bond donors (Lipinski definition) is 0. The molecule has 0 radical (unpaired) electrons. The van der Waals surface area contributed by atoms with Crippen molar-refractivity contribution < 1.29 is 9.53 Å². The lowest BCUT2D eigenvalue weighted by atomic mass is 10.2. The minimum Gasteiger partial charge on any atom is -0.385 e. The smallest absolute Gasteiger partial charge is 0.222 e. The molecule has 18 heavy (non-hydrogen) atoms. The van der Waals surface area contributed by atoms with Crippen LogP contribution in [-0.2, 0) is 23.1 Å². The molecule has 0 fully saturated rings. The Hall–Kier alpha value is -1.29. The molecule has 4 heteroatoms. The number of aryl methyl sites for hydroxylation is 1. The van der Waals surface area contributed by atoms with E-state index in [-0.39, 0.29) is 5.91 Å². The minimum absolute atomic E-state index is 0.231. The van der Waals surface area contributed by atoms with E-state index in [1.54, 1.807) is 7.11 Å². The fourth-order valence-corrected chi connectivity index (χ4v) is 1.92. The lowest BCUT2D eigenvalue weighted by Crippen LogP contribution is -2.32. The molecule has 4 nitrogen and oxygen atoms in total. The van der Waals surface area contributed by atoms with E-state index in [4.69, 9.17) is 4.74 Å². The van der Waals surface area contributed by atoms with Crippen LogP contribution in [-0.4, -0.2) is 35.6 Å². The Balaban J connectivity index is 2.59. The summed E-state index contributed by atoms with van der Waals surface area (Å²) in [6.45, 7) is 4.18. The molecule has 1 amide bonds. The number of hydrogen-bond acceptors (Lipinski definition) is 2. The highest BCUT2D eigenvalue weighted by molar-refractivity contribution is 5.76. The zero-order valence-electron chi connectivity index (χ0n) is 11.7. The van der Waals surface area contributed by atoms with Gasteiger partial charge in [-0.1, -0.05) is 6.92 Å². The fourth-order valence-electron chi connectivity index (χ4n) is 1.92. The summed E-state index contributed by atoms with van der Waals surface area (Å²) >= 11 is 0. The van der Waals surface area contributed by atoms with Gasteiger partial charge in [-0.3, -0.25) is 4.79 Å². The molecule has 0 aliphatic rings. The summed E-state index contributed by atoms with van der Waals surface area (Å²) in [5.41, 5.74) is 1.16. The first-order valence-electron chi connectivity index (χ1n) is 6.56. The van der Waals surface area contributed by atoms with Crippen molar-refractivity contribution in [1.29, 1.82) is 0 Å². The second-order valence-electron chi connectivity index (χ2n) is 4.52. The van der Waals surface area contributed by atoms with E-state index >= 15 is 0 Å². The molecule has 0 aliphatic carbocycles. The van der Waals surface area contributed by atoms with Crippen molar-refractivity contribution in [2.75, 3.05) is 20.3 Å². The number of ether oxygens (including phenoxy) is 1. The summed E-state index contributed by atoms with van der Waals surface area (Å²) in [4.78, 5) is 14.0. The van der Waals surface area contributed by atoms with Gasteiger partial charge in [-0.25, -0.2) is 0 Å². The maximum atomic E-state index is 12.1. The zero-order valence-corrected chi connectivity index (χ0v) is 11.7. The quantitative estimate of drug-likeness (QED) is 0.665. The Morgan fingerprint density at radius 2 is 2.28 bits per heavy atom. The van der Waals surface area contributed by atoms with Crippen LogP contribution in [0.1, 0.15) is 31.9 Å². The van der Waals surface area contributed by atoms with Crippen molar-refractivity contribution >= 4 is 5.91 Å². The third kappa shape index (κ3) is 4.53. The molecular weight excluding hydrogens is 228 g/mol. The van der Waals surface area contributed by atoms with E-state index in [9.17, 15) is 4.79 Å². The normalized spacial score (nSPS) is 10.6. The molecular formula is C14H24N2O2. The molecule has 1 aromatic rings. The maximum Gasteiger partial charge on any atom is 0.222 e. The van der Waals surface area contributed by atoms with Crippen LogP contribution >= 0.6 is 0 Å². The lowest BCUT2D eigenvalue weighted by Gasteiger charge is -2.23. The number of nitrogens with zero attached hydrogens (tertiary/aromatic N) is 2. The Morgan fingerprint density at radius 1 is 1.50 bits per heavy atom. The molecule has 0 aromatic carbocycles. The van der Waals surface area contributed by atoms with Gasteiger partial charge in [0.15, 0.2) is 0 Å². The summed E-state index contributed by atoms with van der Waals surface area (Å²) in [7, 11) is 3.70. The van der Waals surface area contributed by atoms with Crippen LogP contribution in [0, 0.1) is 0 Å². The van der Waals surface area contributed by atoms with Gasteiger partial charge in [0, 0.05) is 45.6 Å². The highest BCUT2D eigenvalue weighted by Crippen LogP contribution is 2.08. The summed E-state index contributed by atoms with van der Waals surface area (Å²) in [5.74, 6) is 0.231. The van der Waals surface area contributed by atoms with Crippen LogP contribution in [0.5, 0.6) is 0 Å². The van der Waals surface area contributed by atoms with Gasteiger partial charge in [0.05, 0.1) is 6.54 Å². The van der Waals surface area contributed by atoms with E-state index in [1.807, 2.05) is 31.1 Å². The van der Waals surface area contributed by atoms with Gasteiger partial charge in [-0.15, -0.1) is 0 Å². The van der Waals surface area contributed by atoms with Crippen molar-refractivity contribution in [3.8, 4) is 0 Å².